The van der Waals surface area contributed by atoms with Crippen molar-refractivity contribution in [2.24, 2.45) is 0 Å². The Balaban J connectivity index is 2.77. The number of carbonyl (C=O) groups excluding carboxylic acids is 1. The van der Waals surface area contributed by atoms with Crippen LogP contribution in [0.4, 0.5) is 0 Å². The molecule has 0 unspecified atom stereocenters. The molecule has 0 heterocycles. The Morgan fingerprint density at radius 2 is 1.93 bits per heavy atom. The second kappa shape index (κ2) is 5.96. The summed E-state index contributed by atoms with van der Waals surface area (Å²) in [6.45, 7) is 0. The van der Waals surface area contributed by atoms with Crippen molar-refractivity contribution < 1.29 is 4.79 Å². The third-order valence-corrected chi connectivity index (χ3v) is 2.27. The van der Waals surface area contributed by atoms with E-state index >= 15 is 0 Å². The SMILES string of the molecule is O=C(Cl)C=CC=Cc1ccc(Cl)cc1Cl. The zero-order chi connectivity index (χ0) is 11.3. The predicted molar refractivity (Wildman–Crippen MR) is 65.5 cm³/mol. The van der Waals surface area contributed by atoms with Crippen LogP contribution in [0.5, 0.6) is 0 Å². The van der Waals surface area contributed by atoms with Crippen molar-refractivity contribution in [1.29, 1.82) is 0 Å². The standard InChI is InChI=1S/C11H7Cl3O/c12-9-6-5-8(10(13)7-9)3-1-2-4-11(14)15/h1-7H. The molecule has 1 aromatic carbocycles. The second-order valence-corrected chi connectivity index (χ2v) is 3.90. The molecule has 15 heavy (non-hydrogen) atoms. The summed E-state index contributed by atoms with van der Waals surface area (Å²) in [5, 5.41) is 0.634. The molecule has 4 heteroatoms. The molecule has 1 aromatic rings. The molecule has 0 saturated heterocycles. The first-order valence-corrected chi connectivity index (χ1v) is 5.22. The fraction of sp³-hybridized carbons (Fsp3) is 0. The van der Waals surface area contributed by atoms with E-state index in [9.17, 15) is 4.79 Å². The van der Waals surface area contributed by atoms with Crippen LogP contribution in [-0.4, -0.2) is 5.24 Å². The van der Waals surface area contributed by atoms with E-state index in [0.29, 0.717) is 10.0 Å². The average molecular weight is 262 g/mol. The van der Waals surface area contributed by atoms with Gasteiger partial charge in [-0.25, -0.2) is 0 Å². The van der Waals surface area contributed by atoms with Gasteiger partial charge in [-0.15, -0.1) is 0 Å². The van der Waals surface area contributed by atoms with Crippen LogP contribution in [0.2, 0.25) is 10.0 Å². The van der Waals surface area contributed by atoms with E-state index in [0.717, 1.165) is 5.56 Å². The number of carbonyl (C=O) groups is 1. The lowest BCUT2D eigenvalue weighted by molar-refractivity contribution is -0.107. The highest BCUT2D eigenvalue weighted by molar-refractivity contribution is 6.66. The first-order chi connectivity index (χ1) is 7.09. The van der Waals surface area contributed by atoms with Crippen LogP contribution < -0.4 is 0 Å². The molecule has 0 aliphatic heterocycles. The minimum Gasteiger partial charge on any atom is -0.276 e. The maximum atomic E-state index is 10.4. The molecule has 0 N–H and O–H groups in total. The van der Waals surface area contributed by atoms with Crippen LogP contribution in [0.15, 0.2) is 36.4 Å². The summed E-state index contributed by atoms with van der Waals surface area (Å²) in [5.41, 5.74) is 0.827. The van der Waals surface area contributed by atoms with Gasteiger partial charge in [0.05, 0.1) is 0 Å². The van der Waals surface area contributed by atoms with Crippen LogP contribution in [0.1, 0.15) is 5.56 Å². The predicted octanol–water partition coefficient (Wildman–Crippen LogP) is 4.33. The lowest BCUT2D eigenvalue weighted by Crippen LogP contribution is -1.75. The molecule has 0 atom stereocenters. The summed E-state index contributed by atoms with van der Waals surface area (Å²) in [7, 11) is 0. The highest BCUT2D eigenvalue weighted by Crippen LogP contribution is 2.21. The van der Waals surface area contributed by atoms with Crippen LogP contribution in [0, 0.1) is 0 Å². The molecule has 0 aliphatic rings. The summed E-state index contributed by atoms with van der Waals surface area (Å²) >= 11 is 16.8. The van der Waals surface area contributed by atoms with Gasteiger partial charge in [0.15, 0.2) is 0 Å². The maximum absolute atomic E-state index is 10.4. The largest absolute Gasteiger partial charge is 0.276 e. The number of rotatable bonds is 3. The van der Waals surface area contributed by atoms with Gasteiger partial charge in [-0.1, -0.05) is 47.5 Å². The van der Waals surface area contributed by atoms with Crippen molar-refractivity contribution in [3.8, 4) is 0 Å². The molecular formula is C11H7Cl3O. The fourth-order valence-electron chi connectivity index (χ4n) is 0.927. The van der Waals surface area contributed by atoms with Gasteiger partial charge in [0.2, 0.25) is 5.24 Å². The maximum Gasteiger partial charge on any atom is 0.245 e. The minimum absolute atomic E-state index is 0.512. The van der Waals surface area contributed by atoms with E-state index in [4.69, 9.17) is 34.8 Å². The van der Waals surface area contributed by atoms with E-state index in [1.807, 2.05) is 0 Å². The number of halogens is 3. The molecule has 0 spiro atoms. The van der Waals surface area contributed by atoms with Gasteiger partial charge < -0.3 is 0 Å². The van der Waals surface area contributed by atoms with E-state index in [1.165, 1.54) is 6.08 Å². The Morgan fingerprint density at radius 1 is 1.20 bits per heavy atom. The van der Waals surface area contributed by atoms with Gasteiger partial charge in [0.25, 0.3) is 0 Å². The molecule has 1 nitrogen and oxygen atoms in total. The van der Waals surface area contributed by atoms with Crippen LogP contribution >= 0.6 is 34.8 Å². The van der Waals surface area contributed by atoms with E-state index < -0.39 is 5.24 Å². The van der Waals surface area contributed by atoms with Gasteiger partial charge in [-0.05, 0) is 35.4 Å². The molecule has 0 aliphatic carbocycles. The fourth-order valence-corrected chi connectivity index (χ4v) is 1.47. The summed E-state index contributed by atoms with van der Waals surface area (Å²) in [5.74, 6) is 0. The molecular weight excluding hydrogens is 254 g/mol. The minimum atomic E-state index is -0.512. The number of hydrogen-bond donors (Lipinski definition) is 0. The topological polar surface area (TPSA) is 17.1 Å². The van der Waals surface area contributed by atoms with Crippen LogP contribution in [0.3, 0.4) is 0 Å². The molecule has 78 valence electrons. The van der Waals surface area contributed by atoms with Gasteiger partial charge in [-0.2, -0.15) is 0 Å². The Morgan fingerprint density at radius 3 is 2.53 bits per heavy atom. The molecule has 1 rings (SSSR count). The van der Waals surface area contributed by atoms with Crippen molar-refractivity contribution in [2.45, 2.75) is 0 Å². The van der Waals surface area contributed by atoms with Crippen molar-refractivity contribution >= 4 is 46.1 Å². The summed E-state index contributed by atoms with van der Waals surface area (Å²) in [6, 6.07) is 5.18. The number of allylic oxidation sites excluding steroid dienone is 3. The third kappa shape index (κ3) is 4.52. The van der Waals surface area contributed by atoms with Crippen molar-refractivity contribution in [1.82, 2.24) is 0 Å². The molecule has 0 bridgehead atoms. The van der Waals surface area contributed by atoms with Gasteiger partial charge >= 0.3 is 0 Å². The van der Waals surface area contributed by atoms with Gasteiger partial charge in [0.1, 0.15) is 0 Å². The van der Waals surface area contributed by atoms with E-state index in [-0.39, 0.29) is 0 Å². The van der Waals surface area contributed by atoms with Crippen molar-refractivity contribution in [2.75, 3.05) is 0 Å². The zero-order valence-corrected chi connectivity index (χ0v) is 9.85. The average Bonchev–Trinajstić information content (AvgIpc) is 2.14. The molecule has 0 fully saturated rings. The molecule has 0 aromatic heterocycles. The number of benzene rings is 1. The highest BCUT2D eigenvalue weighted by atomic mass is 35.5. The summed E-state index contributed by atoms with van der Waals surface area (Å²) < 4.78 is 0. The molecule has 0 amide bonds. The Bertz CT molecular complexity index is 422. The van der Waals surface area contributed by atoms with Crippen LogP contribution in [0.25, 0.3) is 6.08 Å². The number of hydrogen-bond acceptors (Lipinski definition) is 1. The lowest BCUT2D eigenvalue weighted by atomic mass is 10.2. The Labute approximate surface area is 103 Å². The Kier molecular flexibility index (Phi) is 4.89. The molecule has 0 saturated carbocycles. The molecule has 0 radical (unpaired) electrons. The Hall–Kier alpha value is -0.760. The summed E-state index contributed by atoms with van der Waals surface area (Å²) in [4.78, 5) is 10.4. The monoisotopic (exact) mass is 260 g/mol. The first kappa shape index (κ1) is 12.3. The normalized spacial score (nSPS) is 11.4. The second-order valence-electron chi connectivity index (χ2n) is 2.69. The quantitative estimate of drug-likeness (QED) is 0.450. The van der Waals surface area contributed by atoms with Crippen molar-refractivity contribution in [3.63, 3.8) is 0 Å². The zero-order valence-electron chi connectivity index (χ0n) is 7.58. The lowest BCUT2D eigenvalue weighted by Gasteiger charge is -1.97. The van der Waals surface area contributed by atoms with E-state index in [1.54, 1.807) is 36.4 Å². The third-order valence-electron chi connectivity index (χ3n) is 1.58. The van der Waals surface area contributed by atoms with Crippen molar-refractivity contribution in [3.05, 3.63) is 52.0 Å². The van der Waals surface area contributed by atoms with Crippen LogP contribution in [-0.2, 0) is 4.79 Å². The van der Waals surface area contributed by atoms with E-state index in [2.05, 4.69) is 0 Å². The highest BCUT2D eigenvalue weighted by Gasteiger charge is 1.96. The first-order valence-electron chi connectivity index (χ1n) is 4.09. The smallest absolute Gasteiger partial charge is 0.245 e. The summed E-state index contributed by atoms with van der Waals surface area (Å²) in [6.07, 6.45) is 6.23. The van der Waals surface area contributed by atoms with Gasteiger partial charge in [0, 0.05) is 10.0 Å². The van der Waals surface area contributed by atoms with Gasteiger partial charge in [-0.3, -0.25) is 4.79 Å².